The van der Waals surface area contributed by atoms with Gasteiger partial charge in [-0.15, -0.1) is 0 Å². The number of nitrogens with zero attached hydrogens (tertiary/aromatic N) is 3. The lowest BCUT2D eigenvalue weighted by atomic mass is 9.91. The molecule has 0 amide bonds. The third-order valence-corrected chi connectivity index (χ3v) is 4.04. The predicted octanol–water partition coefficient (Wildman–Crippen LogP) is 2.19. The minimum absolute atomic E-state index is 0.296. The van der Waals surface area contributed by atoms with Crippen LogP contribution in [0.1, 0.15) is 19.8 Å². The summed E-state index contributed by atoms with van der Waals surface area (Å²) in [6.07, 6.45) is 4.17. The Hall–Kier alpha value is -1.68. The number of hydrogen-bond donors (Lipinski definition) is 1. The Morgan fingerprint density at radius 3 is 2.58 bits per heavy atom. The van der Waals surface area contributed by atoms with E-state index in [4.69, 9.17) is 10.7 Å². The Balaban J connectivity index is 1.78. The third-order valence-electron chi connectivity index (χ3n) is 4.04. The maximum Gasteiger partial charge on any atom is 0.147 e. The summed E-state index contributed by atoms with van der Waals surface area (Å²) in [6.45, 7) is 4.16. The minimum Gasteiger partial charge on any atom is -0.355 e. The van der Waals surface area contributed by atoms with E-state index in [-0.39, 0.29) is 0 Å². The lowest BCUT2D eigenvalue weighted by molar-refractivity contribution is 0.353. The van der Waals surface area contributed by atoms with E-state index in [1.54, 1.807) is 0 Å². The summed E-state index contributed by atoms with van der Waals surface area (Å²) in [7, 11) is 0. The maximum atomic E-state index is 5.98. The molecule has 1 aromatic heterocycles. The zero-order valence-corrected chi connectivity index (χ0v) is 11.3. The SMILES string of the molecule is CC(N)C1CCN(c2cnc3ccccc3n2)CC1. The molecule has 2 aromatic rings. The number of hydrogen-bond acceptors (Lipinski definition) is 4. The fraction of sp³-hybridized carbons (Fsp3) is 0.467. The number of para-hydroxylation sites is 2. The highest BCUT2D eigenvalue weighted by molar-refractivity contribution is 5.75. The van der Waals surface area contributed by atoms with E-state index >= 15 is 0 Å². The first kappa shape index (κ1) is 12.4. The zero-order valence-electron chi connectivity index (χ0n) is 11.3. The molecule has 4 nitrogen and oxygen atoms in total. The van der Waals surface area contributed by atoms with Crippen molar-refractivity contribution < 1.29 is 0 Å². The zero-order chi connectivity index (χ0) is 13.2. The van der Waals surface area contributed by atoms with Crippen molar-refractivity contribution in [2.24, 2.45) is 11.7 Å². The molecule has 1 aromatic carbocycles. The Morgan fingerprint density at radius 1 is 1.21 bits per heavy atom. The van der Waals surface area contributed by atoms with Crippen LogP contribution < -0.4 is 10.6 Å². The number of benzene rings is 1. The van der Waals surface area contributed by atoms with Crippen molar-refractivity contribution in [2.75, 3.05) is 18.0 Å². The molecule has 0 radical (unpaired) electrons. The van der Waals surface area contributed by atoms with Crippen LogP contribution in [0.15, 0.2) is 30.5 Å². The molecule has 1 saturated heterocycles. The van der Waals surface area contributed by atoms with Gasteiger partial charge in [-0.1, -0.05) is 12.1 Å². The highest BCUT2D eigenvalue weighted by Crippen LogP contribution is 2.24. The second-order valence-electron chi connectivity index (χ2n) is 5.40. The fourth-order valence-corrected chi connectivity index (χ4v) is 2.75. The summed E-state index contributed by atoms with van der Waals surface area (Å²) in [5.74, 6) is 1.63. The van der Waals surface area contributed by atoms with Gasteiger partial charge in [0.25, 0.3) is 0 Å². The Bertz CT molecular complexity index is 559. The second kappa shape index (κ2) is 5.13. The minimum atomic E-state index is 0.296. The standard InChI is InChI=1S/C15H20N4/c1-11(16)12-6-8-19(9-7-12)15-10-17-13-4-2-3-5-14(13)18-15/h2-5,10-12H,6-9,16H2,1H3. The molecular weight excluding hydrogens is 236 g/mol. The molecule has 3 rings (SSSR count). The maximum absolute atomic E-state index is 5.98. The molecule has 4 heteroatoms. The van der Waals surface area contributed by atoms with Crippen molar-refractivity contribution in [2.45, 2.75) is 25.8 Å². The number of nitrogens with two attached hydrogens (primary N) is 1. The quantitative estimate of drug-likeness (QED) is 0.895. The van der Waals surface area contributed by atoms with Gasteiger partial charge in [-0.05, 0) is 37.8 Å². The van der Waals surface area contributed by atoms with Gasteiger partial charge in [-0.2, -0.15) is 0 Å². The largest absolute Gasteiger partial charge is 0.355 e. The molecule has 1 atom stereocenters. The number of fused-ring (bicyclic) bond motifs is 1. The van der Waals surface area contributed by atoms with Crippen LogP contribution in [0, 0.1) is 5.92 Å². The van der Waals surface area contributed by atoms with Crippen LogP contribution in [0.4, 0.5) is 5.82 Å². The van der Waals surface area contributed by atoms with E-state index in [0.29, 0.717) is 12.0 Å². The first-order chi connectivity index (χ1) is 9.24. The van der Waals surface area contributed by atoms with Crippen LogP contribution >= 0.6 is 0 Å². The van der Waals surface area contributed by atoms with Crippen molar-refractivity contribution in [1.82, 2.24) is 9.97 Å². The molecule has 0 spiro atoms. The average Bonchev–Trinajstić information content (AvgIpc) is 2.47. The van der Waals surface area contributed by atoms with Gasteiger partial charge >= 0.3 is 0 Å². The topological polar surface area (TPSA) is 55.0 Å². The fourth-order valence-electron chi connectivity index (χ4n) is 2.75. The van der Waals surface area contributed by atoms with Crippen molar-refractivity contribution in [3.63, 3.8) is 0 Å². The van der Waals surface area contributed by atoms with Crippen LogP contribution in [-0.4, -0.2) is 29.1 Å². The number of piperidine rings is 1. The van der Waals surface area contributed by atoms with Crippen LogP contribution in [0.2, 0.25) is 0 Å². The normalized spacial score (nSPS) is 18.7. The molecule has 1 aliphatic heterocycles. The molecule has 1 aliphatic rings. The molecule has 0 aliphatic carbocycles. The monoisotopic (exact) mass is 256 g/mol. The van der Waals surface area contributed by atoms with Gasteiger partial charge in [0.05, 0.1) is 17.2 Å². The number of aromatic nitrogens is 2. The Labute approximate surface area is 113 Å². The third kappa shape index (κ3) is 2.54. The summed E-state index contributed by atoms with van der Waals surface area (Å²) in [5.41, 5.74) is 7.90. The molecular formula is C15H20N4. The van der Waals surface area contributed by atoms with E-state index in [0.717, 1.165) is 42.8 Å². The Kier molecular flexibility index (Phi) is 3.34. The summed E-state index contributed by atoms with van der Waals surface area (Å²) in [4.78, 5) is 11.5. The average molecular weight is 256 g/mol. The molecule has 2 N–H and O–H groups in total. The number of rotatable bonds is 2. The molecule has 0 bridgehead atoms. The molecule has 0 saturated carbocycles. The van der Waals surface area contributed by atoms with Crippen LogP contribution in [0.5, 0.6) is 0 Å². The summed E-state index contributed by atoms with van der Waals surface area (Å²) < 4.78 is 0. The van der Waals surface area contributed by atoms with Gasteiger partial charge in [-0.3, -0.25) is 4.98 Å². The van der Waals surface area contributed by atoms with E-state index < -0.39 is 0 Å². The first-order valence-corrected chi connectivity index (χ1v) is 6.96. The lowest BCUT2D eigenvalue weighted by Crippen LogP contribution is -2.40. The summed E-state index contributed by atoms with van der Waals surface area (Å²) in [5, 5.41) is 0. The van der Waals surface area contributed by atoms with Crippen LogP contribution in [0.25, 0.3) is 11.0 Å². The predicted molar refractivity (Wildman–Crippen MR) is 78.1 cm³/mol. The summed E-state index contributed by atoms with van der Waals surface area (Å²) >= 11 is 0. The van der Waals surface area contributed by atoms with Gasteiger partial charge in [0, 0.05) is 19.1 Å². The summed E-state index contributed by atoms with van der Waals surface area (Å²) in [6, 6.07) is 8.30. The van der Waals surface area contributed by atoms with Crippen molar-refractivity contribution >= 4 is 16.9 Å². The van der Waals surface area contributed by atoms with Gasteiger partial charge in [0.1, 0.15) is 5.82 Å². The van der Waals surface area contributed by atoms with Gasteiger partial charge in [0.15, 0.2) is 0 Å². The van der Waals surface area contributed by atoms with E-state index in [9.17, 15) is 0 Å². The van der Waals surface area contributed by atoms with Crippen molar-refractivity contribution in [3.8, 4) is 0 Å². The first-order valence-electron chi connectivity index (χ1n) is 6.96. The van der Waals surface area contributed by atoms with Gasteiger partial charge in [-0.25, -0.2) is 4.98 Å². The second-order valence-corrected chi connectivity index (χ2v) is 5.40. The highest BCUT2D eigenvalue weighted by atomic mass is 15.2. The lowest BCUT2D eigenvalue weighted by Gasteiger charge is -2.34. The van der Waals surface area contributed by atoms with Crippen LogP contribution in [-0.2, 0) is 0 Å². The van der Waals surface area contributed by atoms with Gasteiger partial charge < -0.3 is 10.6 Å². The van der Waals surface area contributed by atoms with Crippen molar-refractivity contribution in [1.29, 1.82) is 0 Å². The molecule has 1 unspecified atom stereocenters. The molecule has 1 fully saturated rings. The number of anilines is 1. The van der Waals surface area contributed by atoms with Crippen LogP contribution in [0.3, 0.4) is 0 Å². The van der Waals surface area contributed by atoms with E-state index in [2.05, 4.69) is 16.8 Å². The highest BCUT2D eigenvalue weighted by Gasteiger charge is 2.22. The molecule has 19 heavy (non-hydrogen) atoms. The van der Waals surface area contributed by atoms with E-state index in [1.165, 1.54) is 0 Å². The molecule has 2 heterocycles. The Morgan fingerprint density at radius 2 is 1.89 bits per heavy atom. The smallest absolute Gasteiger partial charge is 0.147 e. The van der Waals surface area contributed by atoms with Gasteiger partial charge in [0.2, 0.25) is 0 Å². The van der Waals surface area contributed by atoms with Crippen molar-refractivity contribution in [3.05, 3.63) is 30.5 Å². The molecule has 100 valence electrons. The van der Waals surface area contributed by atoms with E-state index in [1.807, 2.05) is 30.5 Å².